The van der Waals surface area contributed by atoms with Crippen LogP contribution in [0.1, 0.15) is 5.69 Å². The van der Waals surface area contributed by atoms with Gasteiger partial charge >= 0.3 is 6.18 Å². The molecule has 6 atom stereocenters. The van der Waals surface area contributed by atoms with Crippen molar-refractivity contribution in [2.75, 3.05) is 25.1 Å². The lowest BCUT2D eigenvalue weighted by Crippen LogP contribution is -2.62. The summed E-state index contributed by atoms with van der Waals surface area (Å²) in [6.07, 6.45) is -9.18. The third-order valence-electron chi connectivity index (χ3n) is 3.97. The summed E-state index contributed by atoms with van der Waals surface area (Å²) in [5.41, 5.74) is -1.17. The number of alkyl halides is 3. The molecule has 0 spiro atoms. The predicted molar refractivity (Wildman–Crippen MR) is 77.9 cm³/mol. The number of epoxide rings is 1. The quantitative estimate of drug-likeness (QED) is 0.465. The van der Waals surface area contributed by atoms with E-state index in [0.29, 0.717) is 12.7 Å². The van der Waals surface area contributed by atoms with Crippen molar-refractivity contribution in [2.45, 2.75) is 42.9 Å². The smallest absolute Gasteiger partial charge is 0.394 e. The van der Waals surface area contributed by atoms with Gasteiger partial charge in [-0.25, -0.2) is 9.97 Å². The molecule has 0 bridgehead atoms. The summed E-state index contributed by atoms with van der Waals surface area (Å²) in [6, 6.07) is -0.469. The van der Waals surface area contributed by atoms with E-state index >= 15 is 0 Å². The summed E-state index contributed by atoms with van der Waals surface area (Å²) < 4.78 is 54.2. The Morgan fingerprint density at radius 1 is 1.31 bits per heavy atom. The zero-order chi connectivity index (χ0) is 18.9. The minimum atomic E-state index is -4.66. The van der Waals surface area contributed by atoms with Gasteiger partial charge in [-0.05, 0) is 6.07 Å². The van der Waals surface area contributed by atoms with Crippen LogP contribution in [0.4, 0.5) is 19.1 Å². The lowest BCUT2D eigenvalue weighted by molar-refractivity contribution is -0.262. The first-order valence-corrected chi connectivity index (χ1v) is 7.82. The minimum absolute atomic E-state index is 0.118. The van der Waals surface area contributed by atoms with E-state index < -0.39 is 55.1 Å². The summed E-state index contributed by atoms with van der Waals surface area (Å²) in [5.74, 6) is -0.418. The highest BCUT2D eigenvalue weighted by molar-refractivity contribution is 5.29. The average Bonchev–Trinajstić information content (AvgIpc) is 3.42. The Morgan fingerprint density at radius 3 is 2.65 bits per heavy atom. The summed E-state index contributed by atoms with van der Waals surface area (Å²) >= 11 is 0. The zero-order valence-electron chi connectivity index (χ0n) is 13.3. The molecule has 2 aliphatic rings. The first-order chi connectivity index (χ1) is 12.3. The summed E-state index contributed by atoms with van der Waals surface area (Å²) in [4.78, 5) is 7.04. The van der Waals surface area contributed by atoms with Gasteiger partial charge in [-0.2, -0.15) is 13.2 Å². The van der Waals surface area contributed by atoms with Gasteiger partial charge in [0, 0.05) is 6.20 Å². The molecule has 3 heterocycles. The second-order valence-corrected chi connectivity index (χ2v) is 5.93. The molecule has 1 unspecified atom stereocenters. The molecule has 26 heavy (non-hydrogen) atoms. The van der Waals surface area contributed by atoms with Gasteiger partial charge in [0.1, 0.15) is 36.2 Å². The number of aliphatic hydroxyl groups excluding tert-OH is 3. The molecular formula is C14H18F3N3O6. The molecule has 146 valence electrons. The van der Waals surface area contributed by atoms with Crippen LogP contribution < -0.4 is 5.32 Å². The van der Waals surface area contributed by atoms with Gasteiger partial charge in [0.05, 0.1) is 19.8 Å². The fourth-order valence-electron chi connectivity index (χ4n) is 2.48. The summed E-state index contributed by atoms with van der Waals surface area (Å²) in [6.45, 7) is 0.0359. The van der Waals surface area contributed by atoms with Crippen LogP contribution in [0, 0.1) is 0 Å². The first kappa shape index (κ1) is 19.2. The Kier molecular flexibility index (Phi) is 5.60. The molecule has 1 aromatic rings. The molecule has 2 aliphatic heterocycles. The van der Waals surface area contributed by atoms with Crippen molar-refractivity contribution >= 4 is 5.95 Å². The molecule has 2 saturated heterocycles. The highest BCUT2D eigenvalue weighted by Gasteiger charge is 2.46. The van der Waals surface area contributed by atoms with Crippen molar-refractivity contribution < 1.29 is 42.7 Å². The van der Waals surface area contributed by atoms with E-state index in [-0.39, 0.29) is 12.7 Å². The minimum Gasteiger partial charge on any atom is -0.394 e. The van der Waals surface area contributed by atoms with Gasteiger partial charge in [0.15, 0.2) is 6.29 Å². The molecule has 4 N–H and O–H groups in total. The largest absolute Gasteiger partial charge is 0.433 e. The monoisotopic (exact) mass is 381 g/mol. The average molecular weight is 381 g/mol. The summed E-state index contributed by atoms with van der Waals surface area (Å²) in [5, 5.41) is 32.0. The molecule has 9 nitrogen and oxygen atoms in total. The molecule has 0 aliphatic carbocycles. The normalized spacial score (nSPS) is 34.5. The Balaban J connectivity index is 1.77. The van der Waals surface area contributed by atoms with Crippen LogP contribution in [0.3, 0.4) is 0 Å². The van der Waals surface area contributed by atoms with E-state index in [1.807, 2.05) is 0 Å². The molecule has 0 aromatic carbocycles. The maximum absolute atomic E-state index is 12.8. The number of hydrogen-bond donors (Lipinski definition) is 4. The lowest BCUT2D eigenvalue weighted by Gasteiger charge is -2.42. The van der Waals surface area contributed by atoms with Crippen molar-refractivity contribution in [1.29, 1.82) is 0 Å². The molecule has 0 radical (unpaired) electrons. The number of nitrogens with zero attached hydrogens (tertiary/aromatic N) is 2. The van der Waals surface area contributed by atoms with Crippen molar-refractivity contribution in [1.82, 2.24) is 9.97 Å². The molecule has 3 rings (SSSR count). The Bertz CT molecular complexity index is 618. The molecule has 12 heteroatoms. The lowest BCUT2D eigenvalue weighted by atomic mass is 9.97. The van der Waals surface area contributed by atoms with Crippen molar-refractivity contribution in [3.8, 4) is 0 Å². The van der Waals surface area contributed by atoms with E-state index in [0.717, 1.165) is 6.20 Å². The second-order valence-electron chi connectivity index (χ2n) is 5.93. The number of ether oxygens (including phenoxy) is 3. The van der Waals surface area contributed by atoms with E-state index in [1.54, 1.807) is 0 Å². The molecule has 2 fully saturated rings. The van der Waals surface area contributed by atoms with Crippen LogP contribution in [0.5, 0.6) is 0 Å². The third kappa shape index (κ3) is 4.39. The SMILES string of the molecule is OC[C@H]1O[C@H](OCC2CO2)[C@H](Nc2nccc(C(F)(F)F)n2)[C@@H](O)[C@H]1O. The van der Waals surface area contributed by atoms with Crippen LogP contribution in [0.15, 0.2) is 12.3 Å². The molecular weight excluding hydrogens is 363 g/mol. The number of aromatic nitrogens is 2. The fourth-order valence-corrected chi connectivity index (χ4v) is 2.48. The molecule has 1 aromatic heterocycles. The maximum atomic E-state index is 12.8. The topological polar surface area (TPSA) is 129 Å². The van der Waals surface area contributed by atoms with Gasteiger partial charge in [0.2, 0.25) is 5.95 Å². The second kappa shape index (κ2) is 7.58. The third-order valence-corrected chi connectivity index (χ3v) is 3.97. The Labute approximate surface area is 145 Å². The molecule has 0 saturated carbocycles. The molecule has 0 amide bonds. The highest BCUT2D eigenvalue weighted by atomic mass is 19.4. The van der Waals surface area contributed by atoms with Crippen LogP contribution in [-0.2, 0) is 20.4 Å². The van der Waals surface area contributed by atoms with Gasteiger partial charge in [-0.1, -0.05) is 0 Å². The highest BCUT2D eigenvalue weighted by Crippen LogP contribution is 2.29. The number of nitrogens with one attached hydrogen (secondary N) is 1. The standard InChI is InChI=1S/C14H18F3N3O6/c15-14(16,17)8-1-2-18-13(19-8)20-9-11(23)10(22)7(3-21)26-12(9)25-5-6-4-24-6/h1-2,6-7,9-12,21-23H,3-5H2,(H,18,19,20)/t6?,7-,9-,10+,11-,12+/m1/s1. The number of anilines is 1. The Morgan fingerprint density at radius 2 is 2.04 bits per heavy atom. The van der Waals surface area contributed by atoms with Crippen molar-refractivity contribution in [3.63, 3.8) is 0 Å². The van der Waals surface area contributed by atoms with E-state index in [4.69, 9.17) is 14.2 Å². The number of rotatable bonds is 6. The van der Waals surface area contributed by atoms with Crippen LogP contribution in [-0.4, -0.2) is 81.9 Å². The van der Waals surface area contributed by atoms with Crippen LogP contribution in [0.25, 0.3) is 0 Å². The fraction of sp³-hybridized carbons (Fsp3) is 0.714. The summed E-state index contributed by atoms with van der Waals surface area (Å²) in [7, 11) is 0. The van der Waals surface area contributed by atoms with Gasteiger partial charge in [-0.15, -0.1) is 0 Å². The number of hydrogen-bond acceptors (Lipinski definition) is 9. The van der Waals surface area contributed by atoms with Crippen molar-refractivity contribution in [3.05, 3.63) is 18.0 Å². The predicted octanol–water partition coefficient (Wildman–Crippen LogP) is -0.870. The van der Waals surface area contributed by atoms with E-state index in [2.05, 4.69) is 15.3 Å². The zero-order valence-corrected chi connectivity index (χ0v) is 13.3. The van der Waals surface area contributed by atoms with Gasteiger partial charge < -0.3 is 34.8 Å². The van der Waals surface area contributed by atoms with Crippen molar-refractivity contribution in [2.24, 2.45) is 0 Å². The van der Waals surface area contributed by atoms with E-state index in [9.17, 15) is 28.5 Å². The number of halogens is 3. The van der Waals surface area contributed by atoms with Crippen LogP contribution >= 0.6 is 0 Å². The first-order valence-electron chi connectivity index (χ1n) is 7.82. The van der Waals surface area contributed by atoms with Gasteiger partial charge in [-0.3, -0.25) is 0 Å². The van der Waals surface area contributed by atoms with E-state index in [1.165, 1.54) is 0 Å². The maximum Gasteiger partial charge on any atom is 0.433 e. The van der Waals surface area contributed by atoms with Gasteiger partial charge in [0.25, 0.3) is 0 Å². The Hall–Kier alpha value is -1.57. The van der Waals surface area contributed by atoms with Crippen LogP contribution in [0.2, 0.25) is 0 Å². The number of aliphatic hydroxyl groups is 3.